The Bertz CT molecular complexity index is 364. The molecule has 0 radical (unpaired) electrons. The highest BCUT2D eigenvalue weighted by Crippen LogP contribution is 2.19. The first-order chi connectivity index (χ1) is 8.82. The zero-order valence-corrected chi connectivity index (χ0v) is 13.6. The number of hydrogen-bond acceptors (Lipinski definition) is 4. The van der Waals surface area contributed by atoms with E-state index in [0.717, 1.165) is 25.9 Å². The van der Waals surface area contributed by atoms with E-state index in [-0.39, 0.29) is 5.38 Å². The number of rotatable bonds is 7. The predicted molar refractivity (Wildman–Crippen MR) is 78.2 cm³/mol. The van der Waals surface area contributed by atoms with E-state index in [9.17, 15) is 8.42 Å². The van der Waals surface area contributed by atoms with Gasteiger partial charge in [0, 0.05) is 33.3 Å². The molecule has 5 nitrogen and oxygen atoms in total. The lowest BCUT2D eigenvalue weighted by molar-refractivity contribution is 0.165. The lowest BCUT2D eigenvalue weighted by Crippen LogP contribution is -2.43. The van der Waals surface area contributed by atoms with Crippen molar-refractivity contribution in [3.05, 3.63) is 0 Å². The molecule has 2 unspecified atom stereocenters. The Balaban J connectivity index is 2.40. The largest absolute Gasteiger partial charge is 0.383 e. The highest BCUT2D eigenvalue weighted by molar-refractivity contribution is 7.88. The van der Waals surface area contributed by atoms with Gasteiger partial charge in [-0.25, -0.2) is 12.7 Å². The van der Waals surface area contributed by atoms with Gasteiger partial charge >= 0.3 is 0 Å². The van der Waals surface area contributed by atoms with Gasteiger partial charge in [0.15, 0.2) is 0 Å². The number of hydrogen-bond donors (Lipinski definition) is 0. The fourth-order valence-electron chi connectivity index (χ4n) is 2.56. The van der Waals surface area contributed by atoms with Gasteiger partial charge < -0.3 is 9.64 Å². The Labute approximate surface area is 121 Å². The van der Waals surface area contributed by atoms with E-state index in [0.29, 0.717) is 25.6 Å². The predicted octanol–water partition coefficient (Wildman–Crippen LogP) is 0.844. The molecule has 0 amide bonds. The molecule has 0 aliphatic carbocycles. The fraction of sp³-hybridized carbons (Fsp3) is 1.00. The Kier molecular flexibility index (Phi) is 7.04. The van der Waals surface area contributed by atoms with Crippen LogP contribution in [0.4, 0.5) is 0 Å². The van der Waals surface area contributed by atoms with Crippen LogP contribution in [0, 0.1) is 5.92 Å². The molecule has 114 valence electrons. The first-order valence-corrected chi connectivity index (χ1v) is 8.88. The third-order valence-corrected chi connectivity index (χ3v) is 4.91. The monoisotopic (exact) mass is 312 g/mol. The molecule has 7 heteroatoms. The summed E-state index contributed by atoms with van der Waals surface area (Å²) in [4.78, 5) is 2.16. The van der Waals surface area contributed by atoms with Crippen LogP contribution in [0.3, 0.4) is 0 Å². The summed E-state index contributed by atoms with van der Waals surface area (Å²) < 4.78 is 29.7. The van der Waals surface area contributed by atoms with E-state index in [2.05, 4.69) is 4.90 Å². The Hall–Kier alpha value is 0.120. The maximum Gasteiger partial charge on any atom is 0.211 e. The summed E-state index contributed by atoms with van der Waals surface area (Å²) >= 11 is 6.12. The normalized spacial score (nSPS) is 23.7. The summed E-state index contributed by atoms with van der Waals surface area (Å²) in [5.74, 6) is 0.389. The van der Waals surface area contributed by atoms with E-state index in [1.165, 1.54) is 6.26 Å². The van der Waals surface area contributed by atoms with Crippen molar-refractivity contribution in [2.24, 2.45) is 5.92 Å². The van der Waals surface area contributed by atoms with Gasteiger partial charge in [0.05, 0.1) is 18.2 Å². The van der Waals surface area contributed by atoms with Crippen molar-refractivity contribution in [1.82, 2.24) is 9.21 Å². The highest BCUT2D eigenvalue weighted by atomic mass is 35.5. The van der Waals surface area contributed by atoms with Crippen LogP contribution in [0.1, 0.15) is 12.8 Å². The molecule has 1 aliphatic rings. The summed E-state index contributed by atoms with van der Waals surface area (Å²) in [5.41, 5.74) is 0. The molecule has 2 atom stereocenters. The molecule has 0 aromatic rings. The van der Waals surface area contributed by atoms with Crippen LogP contribution in [0.25, 0.3) is 0 Å². The van der Waals surface area contributed by atoms with E-state index in [1.54, 1.807) is 11.4 Å². The molecule has 1 saturated heterocycles. The van der Waals surface area contributed by atoms with Gasteiger partial charge in [-0.05, 0) is 25.8 Å². The topological polar surface area (TPSA) is 49.9 Å². The second-order valence-corrected chi connectivity index (χ2v) is 8.00. The Morgan fingerprint density at radius 1 is 1.53 bits per heavy atom. The van der Waals surface area contributed by atoms with E-state index < -0.39 is 10.0 Å². The van der Waals surface area contributed by atoms with Gasteiger partial charge in [0.1, 0.15) is 0 Å². The minimum Gasteiger partial charge on any atom is -0.383 e. The minimum absolute atomic E-state index is 0.0235. The number of alkyl halides is 1. The van der Waals surface area contributed by atoms with Crippen LogP contribution in [0.5, 0.6) is 0 Å². The maximum atomic E-state index is 11.6. The van der Waals surface area contributed by atoms with Crippen molar-refractivity contribution < 1.29 is 13.2 Å². The molecule has 0 spiro atoms. The summed E-state index contributed by atoms with van der Waals surface area (Å²) in [6, 6.07) is 0. The van der Waals surface area contributed by atoms with Crippen molar-refractivity contribution in [2.45, 2.75) is 18.2 Å². The van der Waals surface area contributed by atoms with Crippen LogP contribution in [-0.4, -0.2) is 76.2 Å². The third-order valence-electron chi connectivity index (χ3n) is 3.38. The number of piperidine rings is 1. The van der Waals surface area contributed by atoms with Crippen LogP contribution >= 0.6 is 11.6 Å². The second kappa shape index (κ2) is 7.78. The van der Waals surface area contributed by atoms with Gasteiger partial charge in [0.25, 0.3) is 0 Å². The van der Waals surface area contributed by atoms with Crippen LogP contribution in [0.15, 0.2) is 0 Å². The van der Waals surface area contributed by atoms with Gasteiger partial charge in [-0.1, -0.05) is 0 Å². The first kappa shape index (κ1) is 17.2. The molecule has 1 heterocycles. The molecule has 0 saturated carbocycles. The van der Waals surface area contributed by atoms with E-state index in [4.69, 9.17) is 16.3 Å². The second-order valence-electron chi connectivity index (χ2n) is 5.40. The number of ether oxygens (including phenoxy) is 1. The number of methoxy groups -OCH3 is 1. The standard InChI is InChI=1S/C12H25ClN2O3S/c1-14(9-12(13)10-18-2)7-11-5-4-6-15(8-11)19(3,16)17/h11-12H,4-10H2,1-3H3. The number of halogens is 1. The molecular formula is C12H25ClN2O3S. The molecule has 0 aromatic heterocycles. The molecule has 0 N–H and O–H groups in total. The van der Waals surface area contributed by atoms with Crippen molar-refractivity contribution in [3.63, 3.8) is 0 Å². The fourth-order valence-corrected chi connectivity index (χ4v) is 3.87. The van der Waals surface area contributed by atoms with E-state index in [1.807, 2.05) is 7.05 Å². The van der Waals surface area contributed by atoms with Gasteiger partial charge in [-0.3, -0.25) is 0 Å². The smallest absolute Gasteiger partial charge is 0.211 e. The van der Waals surface area contributed by atoms with Gasteiger partial charge in [-0.2, -0.15) is 0 Å². The summed E-state index contributed by atoms with van der Waals surface area (Å²) in [6.45, 7) is 3.44. The summed E-state index contributed by atoms with van der Waals surface area (Å²) in [5, 5.41) is -0.0235. The molecule has 19 heavy (non-hydrogen) atoms. The van der Waals surface area contributed by atoms with Crippen molar-refractivity contribution in [1.29, 1.82) is 0 Å². The lowest BCUT2D eigenvalue weighted by atomic mass is 9.99. The van der Waals surface area contributed by atoms with E-state index >= 15 is 0 Å². The van der Waals surface area contributed by atoms with Gasteiger partial charge in [-0.15, -0.1) is 11.6 Å². The zero-order chi connectivity index (χ0) is 14.5. The number of nitrogens with zero attached hydrogens (tertiary/aromatic N) is 2. The molecule has 1 fully saturated rings. The van der Waals surface area contributed by atoms with Crippen LogP contribution in [-0.2, 0) is 14.8 Å². The van der Waals surface area contributed by atoms with Crippen LogP contribution < -0.4 is 0 Å². The van der Waals surface area contributed by atoms with Gasteiger partial charge in [0.2, 0.25) is 10.0 Å². The summed E-state index contributed by atoms with van der Waals surface area (Å²) in [6.07, 6.45) is 3.30. The maximum absolute atomic E-state index is 11.6. The van der Waals surface area contributed by atoms with Crippen molar-refractivity contribution >= 4 is 21.6 Å². The SMILES string of the molecule is COCC(Cl)CN(C)CC1CCCN(S(C)(=O)=O)C1. The number of sulfonamides is 1. The lowest BCUT2D eigenvalue weighted by Gasteiger charge is -2.33. The average molecular weight is 313 g/mol. The third kappa shape index (κ3) is 6.40. The highest BCUT2D eigenvalue weighted by Gasteiger charge is 2.26. The zero-order valence-electron chi connectivity index (χ0n) is 12.0. The minimum atomic E-state index is -3.06. The first-order valence-electron chi connectivity index (χ1n) is 6.59. The molecule has 1 aliphatic heterocycles. The molecule has 0 bridgehead atoms. The Morgan fingerprint density at radius 3 is 2.79 bits per heavy atom. The average Bonchev–Trinajstić information content (AvgIpc) is 2.28. The quantitative estimate of drug-likeness (QED) is 0.654. The van der Waals surface area contributed by atoms with Crippen molar-refractivity contribution in [3.8, 4) is 0 Å². The molecule has 0 aromatic carbocycles. The van der Waals surface area contributed by atoms with Crippen molar-refractivity contribution in [2.75, 3.05) is 53.2 Å². The Morgan fingerprint density at radius 2 is 2.21 bits per heavy atom. The molecular weight excluding hydrogens is 288 g/mol. The molecule has 1 rings (SSSR count). The summed E-state index contributed by atoms with van der Waals surface area (Å²) in [7, 11) is 0.600. The van der Waals surface area contributed by atoms with Crippen LogP contribution in [0.2, 0.25) is 0 Å².